The Balaban J connectivity index is 1.50. The number of methoxy groups -OCH3 is 1. The van der Waals surface area contributed by atoms with E-state index in [0.29, 0.717) is 22.7 Å². The number of rotatable bonds is 8. The molecule has 0 aliphatic carbocycles. The molecule has 0 spiro atoms. The molecule has 8 heteroatoms. The molecule has 34 heavy (non-hydrogen) atoms. The molecule has 0 atom stereocenters. The minimum atomic E-state index is -0.236. The molecule has 0 bridgehead atoms. The number of benzene rings is 3. The summed E-state index contributed by atoms with van der Waals surface area (Å²) in [6.45, 7) is 2.30. The molecule has 0 unspecified atom stereocenters. The minimum absolute atomic E-state index is 0.236. The number of halogens is 1. The van der Waals surface area contributed by atoms with Gasteiger partial charge in [0.2, 0.25) is 0 Å². The number of hydrogen-bond donors (Lipinski definition) is 3. The van der Waals surface area contributed by atoms with Crippen molar-refractivity contribution in [2.75, 3.05) is 7.11 Å². The molecule has 5 N–H and O–H groups in total. The maximum absolute atomic E-state index is 14.9. The summed E-state index contributed by atoms with van der Waals surface area (Å²) in [4.78, 5) is 0. The van der Waals surface area contributed by atoms with E-state index >= 15 is 0 Å². The Morgan fingerprint density at radius 1 is 1.03 bits per heavy atom. The summed E-state index contributed by atoms with van der Waals surface area (Å²) in [5, 5.41) is 6.48. The minimum Gasteiger partial charge on any atom is -0.497 e. The maximum Gasteiger partial charge on any atom is 0.141 e. The van der Waals surface area contributed by atoms with E-state index in [2.05, 4.69) is 10.5 Å². The summed E-state index contributed by atoms with van der Waals surface area (Å²) in [7, 11) is 1.65. The van der Waals surface area contributed by atoms with Crippen molar-refractivity contribution in [2.24, 2.45) is 16.8 Å². The summed E-state index contributed by atoms with van der Waals surface area (Å²) >= 11 is 1.41. The lowest BCUT2D eigenvalue weighted by atomic mass is 9.99. The van der Waals surface area contributed by atoms with Gasteiger partial charge in [0.05, 0.1) is 11.8 Å². The van der Waals surface area contributed by atoms with Crippen LogP contribution in [-0.4, -0.2) is 12.9 Å². The van der Waals surface area contributed by atoms with Crippen molar-refractivity contribution in [3.05, 3.63) is 82.5 Å². The van der Waals surface area contributed by atoms with Crippen LogP contribution in [0.1, 0.15) is 23.1 Å². The van der Waals surface area contributed by atoms with Crippen LogP contribution in [0.2, 0.25) is 0 Å². The SMILES string of the molecule is COc1ccc(-c2csc3c(F)cc(COc4ccc(CC/C(=N/N)NN)cc4)cc23)c(C)c1. The van der Waals surface area contributed by atoms with E-state index in [-0.39, 0.29) is 12.4 Å². The van der Waals surface area contributed by atoms with E-state index in [1.807, 2.05) is 60.8 Å². The summed E-state index contributed by atoms with van der Waals surface area (Å²) in [6.07, 6.45) is 1.36. The van der Waals surface area contributed by atoms with Crippen LogP contribution < -0.4 is 26.6 Å². The van der Waals surface area contributed by atoms with Crippen molar-refractivity contribution >= 4 is 27.3 Å². The van der Waals surface area contributed by atoms with Crippen LogP contribution in [0.15, 0.2) is 65.1 Å². The molecule has 4 rings (SSSR count). The third-order valence-corrected chi connectivity index (χ3v) is 6.72. The fourth-order valence-electron chi connectivity index (χ4n) is 3.86. The van der Waals surface area contributed by atoms with Crippen molar-refractivity contribution in [2.45, 2.75) is 26.4 Å². The van der Waals surface area contributed by atoms with Crippen LogP contribution in [0, 0.1) is 12.7 Å². The number of fused-ring (bicyclic) bond motifs is 1. The van der Waals surface area contributed by atoms with Gasteiger partial charge in [-0.05, 0) is 77.4 Å². The lowest BCUT2D eigenvalue weighted by Gasteiger charge is -2.10. The average molecular weight is 479 g/mol. The largest absolute Gasteiger partial charge is 0.497 e. The van der Waals surface area contributed by atoms with E-state index < -0.39 is 0 Å². The first-order valence-electron chi connectivity index (χ1n) is 10.8. The molecule has 0 saturated carbocycles. The highest BCUT2D eigenvalue weighted by Gasteiger charge is 2.14. The molecule has 0 amide bonds. The van der Waals surface area contributed by atoms with Crippen LogP contribution in [0.3, 0.4) is 0 Å². The number of thiophene rings is 1. The van der Waals surface area contributed by atoms with Gasteiger partial charge in [-0.3, -0.25) is 0 Å². The highest BCUT2D eigenvalue weighted by molar-refractivity contribution is 7.17. The first-order valence-corrected chi connectivity index (χ1v) is 11.7. The van der Waals surface area contributed by atoms with E-state index in [4.69, 9.17) is 21.2 Å². The Morgan fingerprint density at radius 3 is 2.47 bits per heavy atom. The summed E-state index contributed by atoms with van der Waals surface area (Å²) in [6, 6.07) is 17.2. The van der Waals surface area contributed by atoms with Gasteiger partial charge in [-0.25, -0.2) is 10.2 Å². The molecule has 0 radical (unpaired) electrons. The van der Waals surface area contributed by atoms with E-state index in [1.165, 1.54) is 11.3 Å². The summed E-state index contributed by atoms with van der Waals surface area (Å²) in [5.41, 5.74) is 7.51. The number of hydrogen-bond acceptors (Lipinski definition) is 6. The molecule has 6 nitrogen and oxygen atoms in total. The molecular weight excluding hydrogens is 451 g/mol. The number of nitrogens with one attached hydrogen (secondary N) is 1. The number of nitrogens with two attached hydrogens (primary N) is 2. The van der Waals surface area contributed by atoms with Gasteiger partial charge in [0.25, 0.3) is 0 Å². The fraction of sp³-hybridized carbons (Fsp3) is 0.192. The number of aryl methyl sites for hydroxylation is 2. The van der Waals surface area contributed by atoms with E-state index in [9.17, 15) is 4.39 Å². The second kappa shape index (κ2) is 10.5. The highest BCUT2D eigenvalue weighted by Crippen LogP contribution is 2.38. The van der Waals surface area contributed by atoms with Gasteiger partial charge in [0.15, 0.2) is 0 Å². The molecule has 0 fully saturated rings. The van der Waals surface area contributed by atoms with Crippen molar-refractivity contribution in [3.63, 3.8) is 0 Å². The lowest BCUT2D eigenvalue weighted by Crippen LogP contribution is -2.31. The van der Waals surface area contributed by atoms with Gasteiger partial charge in [-0.15, -0.1) is 11.3 Å². The van der Waals surface area contributed by atoms with Gasteiger partial charge in [0, 0.05) is 17.4 Å². The predicted molar refractivity (Wildman–Crippen MR) is 137 cm³/mol. The third-order valence-electron chi connectivity index (χ3n) is 5.71. The zero-order valence-electron chi connectivity index (χ0n) is 19.1. The second-order valence-corrected chi connectivity index (χ2v) is 8.82. The Bertz CT molecular complexity index is 1320. The molecule has 1 aromatic heterocycles. The van der Waals surface area contributed by atoms with E-state index in [1.54, 1.807) is 13.2 Å². The molecule has 176 valence electrons. The van der Waals surface area contributed by atoms with Crippen molar-refractivity contribution in [1.82, 2.24) is 5.43 Å². The van der Waals surface area contributed by atoms with Gasteiger partial charge < -0.3 is 20.7 Å². The van der Waals surface area contributed by atoms with Gasteiger partial charge in [-0.1, -0.05) is 18.2 Å². The molecule has 1 heterocycles. The third kappa shape index (κ3) is 5.13. The maximum atomic E-state index is 14.9. The van der Waals surface area contributed by atoms with Crippen molar-refractivity contribution in [3.8, 4) is 22.6 Å². The van der Waals surface area contributed by atoms with Gasteiger partial charge in [0.1, 0.15) is 29.8 Å². The van der Waals surface area contributed by atoms with Gasteiger partial charge in [-0.2, -0.15) is 5.10 Å². The topological polar surface area (TPSA) is 94.9 Å². The number of hydrazone groups is 1. The molecule has 3 aromatic carbocycles. The molecule has 0 saturated heterocycles. The lowest BCUT2D eigenvalue weighted by molar-refractivity contribution is 0.306. The number of hydrazine groups is 1. The van der Waals surface area contributed by atoms with Crippen LogP contribution >= 0.6 is 11.3 Å². The first kappa shape index (κ1) is 23.5. The average Bonchev–Trinajstić information content (AvgIpc) is 3.28. The fourth-order valence-corrected chi connectivity index (χ4v) is 4.82. The molecular formula is C26H27FN4O2S. The van der Waals surface area contributed by atoms with Crippen LogP contribution in [0.5, 0.6) is 11.5 Å². The second-order valence-electron chi connectivity index (χ2n) is 7.94. The highest BCUT2D eigenvalue weighted by atomic mass is 32.1. The number of ether oxygens (including phenoxy) is 2. The van der Waals surface area contributed by atoms with Crippen LogP contribution in [0.4, 0.5) is 4.39 Å². The molecule has 4 aromatic rings. The summed E-state index contributed by atoms with van der Waals surface area (Å²) in [5.74, 6) is 12.4. The zero-order chi connectivity index (χ0) is 24.1. The van der Waals surface area contributed by atoms with Crippen molar-refractivity contribution in [1.29, 1.82) is 0 Å². The molecule has 0 aliphatic rings. The van der Waals surface area contributed by atoms with E-state index in [0.717, 1.165) is 45.4 Å². The zero-order valence-corrected chi connectivity index (χ0v) is 19.9. The van der Waals surface area contributed by atoms with Gasteiger partial charge >= 0.3 is 0 Å². The Morgan fingerprint density at radius 2 is 1.79 bits per heavy atom. The Hall–Kier alpha value is -3.62. The standard InChI is InChI=1S/C26H27FN4O2S/c1-16-11-20(32-2)8-9-21(16)23-15-34-26-22(23)12-18(13-24(26)27)14-33-19-6-3-17(4-7-19)5-10-25(30-28)31-29/h3-4,6-9,11-13,15H,5,10,14,28-29H2,1-2H3,(H,30,31). The normalized spacial score (nSPS) is 11.6. The number of nitrogens with zero attached hydrogens (tertiary/aromatic N) is 1. The molecule has 0 aliphatic heterocycles. The van der Waals surface area contributed by atoms with Crippen molar-refractivity contribution < 1.29 is 13.9 Å². The predicted octanol–water partition coefficient (Wildman–Crippen LogP) is 5.27. The van der Waals surface area contributed by atoms with Crippen LogP contribution in [-0.2, 0) is 13.0 Å². The number of amidine groups is 1. The quantitative estimate of drug-likeness (QED) is 0.139. The Kier molecular flexibility index (Phi) is 7.30. The smallest absolute Gasteiger partial charge is 0.141 e. The Labute approximate surface area is 202 Å². The first-order chi connectivity index (χ1) is 16.5. The van der Waals surface area contributed by atoms with Crippen LogP contribution in [0.25, 0.3) is 21.2 Å². The summed E-state index contributed by atoms with van der Waals surface area (Å²) < 4.78 is 26.8. The monoisotopic (exact) mass is 478 g/mol.